The van der Waals surface area contributed by atoms with Crippen LogP contribution in [0.5, 0.6) is 0 Å². The molecule has 1 rings (SSSR count). The van der Waals surface area contributed by atoms with Gasteiger partial charge in [-0.15, -0.1) is 0 Å². The minimum Gasteiger partial charge on any atom is -0.396 e. The van der Waals surface area contributed by atoms with Crippen LogP contribution in [0.3, 0.4) is 0 Å². The van der Waals surface area contributed by atoms with Gasteiger partial charge >= 0.3 is 0 Å². The Morgan fingerprint density at radius 2 is 2.07 bits per heavy atom. The zero-order chi connectivity index (χ0) is 11.5. The molecule has 1 atom stereocenters. The standard InChI is InChI=1S/C11H15F2NO/c1-11(6-14,7-15)5-8-3-2-4-9(12)10(8)13/h2-4,15H,5-7,14H2,1H3. The molecule has 0 aliphatic carbocycles. The first-order valence-corrected chi connectivity index (χ1v) is 4.76. The fourth-order valence-electron chi connectivity index (χ4n) is 1.34. The molecule has 1 aromatic carbocycles. The van der Waals surface area contributed by atoms with Gasteiger partial charge in [-0.3, -0.25) is 0 Å². The number of benzene rings is 1. The van der Waals surface area contributed by atoms with Crippen molar-refractivity contribution in [3.8, 4) is 0 Å². The summed E-state index contributed by atoms with van der Waals surface area (Å²) >= 11 is 0. The summed E-state index contributed by atoms with van der Waals surface area (Å²) in [6, 6.07) is 4.02. The molecule has 1 aromatic rings. The van der Waals surface area contributed by atoms with Gasteiger partial charge in [-0.2, -0.15) is 0 Å². The number of rotatable bonds is 4. The monoisotopic (exact) mass is 215 g/mol. The third kappa shape index (κ3) is 2.73. The highest BCUT2D eigenvalue weighted by Gasteiger charge is 2.24. The average molecular weight is 215 g/mol. The van der Waals surface area contributed by atoms with Gasteiger partial charge in [-0.1, -0.05) is 19.1 Å². The molecule has 0 spiro atoms. The molecule has 0 aliphatic rings. The number of nitrogens with two attached hydrogens (primary N) is 1. The SMILES string of the molecule is CC(CN)(CO)Cc1cccc(F)c1F. The molecule has 0 bridgehead atoms. The van der Waals surface area contributed by atoms with E-state index in [9.17, 15) is 8.78 Å². The van der Waals surface area contributed by atoms with Gasteiger partial charge in [0.2, 0.25) is 0 Å². The van der Waals surface area contributed by atoms with E-state index in [1.54, 1.807) is 6.92 Å². The summed E-state index contributed by atoms with van der Waals surface area (Å²) in [4.78, 5) is 0. The molecule has 0 amide bonds. The minimum absolute atomic E-state index is 0.153. The lowest BCUT2D eigenvalue weighted by Gasteiger charge is -2.25. The Hall–Kier alpha value is -1.00. The second-order valence-electron chi connectivity index (χ2n) is 4.06. The maximum Gasteiger partial charge on any atom is 0.162 e. The highest BCUT2D eigenvalue weighted by molar-refractivity contribution is 5.20. The van der Waals surface area contributed by atoms with Crippen LogP contribution in [0.1, 0.15) is 12.5 Å². The van der Waals surface area contributed by atoms with Crippen molar-refractivity contribution in [1.82, 2.24) is 0 Å². The topological polar surface area (TPSA) is 46.2 Å². The van der Waals surface area contributed by atoms with Gasteiger partial charge < -0.3 is 10.8 Å². The summed E-state index contributed by atoms with van der Waals surface area (Å²) in [5.74, 6) is -1.73. The first-order chi connectivity index (χ1) is 7.02. The number of halogens is 2. The maximum atomic E-state index is 13.3. The first kappa shape index (κ1) is 12.1. The molecule has 3 N–H and O–H groups in total. The second kappa shape index (κ2) is 4.68. The van der Waals surface area contributed by atoms with Crippen molar-refractivity contribution in [3.63, 3.8) is 0 Å². The van der Waals surface area contributed by atoms with Gasteiger partial charge in [0.05, 0.1) is 0 Å². The molecule has 1 unspecified atom stereocenters. The third-order valence-corrected chi connectivity index (χ3v) is 2.52. The van der Waals surface area contributed by atoms with E-state index >= 15 is 0 Å². The van der Waals surface area contributed by atoms with E-state index in [0.29, 0.717) is 0 Å². The Labute approximate surface area is 87.7 Å². The molecule has 0 heterocycles. The summed E-state index contributed by atoms with van der Waals surface area (Å²) < 4.78 is 26.2. The normalized spacial score (nSPS) is 15.0. The molecule has 0 saturated heterocycles. The van der Waals surface area contributed by atoms with Crippen molar-refractivity contribution in [2.75, 3.05) is 13.2 Å². The first-order valence-electron chi connectivity index (χ1n) is 4.76. The maximum absolute atomic E-state index is 13.3. The van der Waals surface area contributed by atoms with Gasteiger partial charge in [0, 0.05) is 18.6 Å². The van der Waals surface area contributed by atoms with Crippen LogP contribution < -0.4 is 5.73 Å². The fraction of sp³-hybridized carbons (Fsp3) is 0.455. The van der Waals surface area contributed by atoms with Gasteiger partial charge in [-0.05, 0) is 18.1 Å². The summed E-state index contributed by atoms with van der Waals surface area (Å²) in [6.45, 7) is 1.80. The summed E-state index contributed by atoms with van der Waals surface area (Å²) in [7, 11) is 0. The smallest absolute Gasteiger partial charge is 0.162 e. The van der Waals surface area contributed by atoms with Crippen LogP contribution in [0.2, 0.25) is 0 Å². The molecule has 4 heteroatoms. The molecule has 0 radical (unpaired) electrons. The molecular formula is C11H15F2NO. The van der Waals surface area contributed by atoms with Gasteiger partial charge in [0.25, 0.3) is 0 Å². The van der Waals surface area contributed by atoms with Crippen molar-refractivity contribution in [2.45, 2.75) is 13.3 Å². The number of aliphatic hydroxyl groups is 1. The van der Waals surface area contributed by atoms with Crippen molar-refractivity contribution in [1.29, 1.82) is 0 Å². The van der Waals surface area contributed by atoms with E-state index in [1.165, 1.54) is 12.1 Å². The molecule has 0 saturated carbocycles. The van der Waals surface area contributed by atoms with Crippen LogP contribution in [0.25, 0.3) is 0 Å². The Balaban J connectivity index is 2.94. The molecule has 2 nitrogen and oxygen atoms in total. The molecular weight excluding hydrogens is 200 g/mol. The molecule has 0 fully saturated rings. The van der Waals surface area contributed by atoms with Gasteiger partial charge in [-0.25, -0.2) is 8.78 Å². The zero-order valence-corrected chi connectivity index (χ0v) is 8.63. The van der Waals surface area contributed by atoms with Crippen LogP contribution in [-0.2, 0) is 6.42 Å². The number of hydrogen-bond acceptors (Lipinski definition) is 2. The summed E-state index contributed by atoms with van der Waals surface area (Å²) in [5, 5.41) is 9.11. The van der Waals surface area contributed by atoms with Gasteiger partial charge in [0.15, 0.2) is 11.6 Å². The van der Waals surface area contributed by atoms with E-state index in [0.717, 1.165) is 6.07 Å². The average Bonchev–Trinajstić information content (AvgIpc) is 2.25. The van der Waals surface area contributed by atoms with Crippen LogP contribution >= 0.6 is 0 Å². The summed E-state index contributed by atoms with van der Waals surface area (Å²) in [6.07, 6.45) is 0.226. The summed E-state index contributed by atoms with van der Waals surface area (Å²) in [5.41, 5.74) is 5.12. The Morgan fingerprint density at radius 1 is 1.40 bits per heavy atom. The highest BCUT2D eigenvalue weighted by atomic mass is 19.2. The van der Waals surface area contributed by atoms with Gasteiger partial charge in [0.1, 0.15) is 0 Å². The lowest BCUT2D eigenvalue weighted by atomic mass is 9.84. The lowest BCUT2D eigenvalue weighted by Crippen LogP contribution is -2.33. The lowest BCUT2D eigenvalue weighted by molar-refractivity contribution is 0.148. The Kier molecular flexibility index (Phi) is 3.77. The largest absolute Gasteiger partial charge is 0.396 e. The molecule has 15 heavy (non-hydrogen) atoms. The fourth-order valence-corrected chi connectivity index (χ4v) is 1.34. The van der Waals surface area contributed by atoms with Crippen LogP contribution in [0.15, 0.2) is 18.2 Å². The van der Waals surface area contributed by atoms with Crippen molar-refractivity contribution >= 4 is 0 Å². The molecule has 0 aliphatic heterocycles. The third-order valence-electron chi connectivity index (χ3n) is 2.52. The van der Waals surface area contributed by atoms with Crippen LogP contribution in [0, 0.1) is 17.0 Å². The quantitative estimate of drug-likeness (QED) is 0.798. The Bertz CT molecular complexity index is 337. The van der Waals surface area contributed by atoms with Crippen molar-refractivity contribution in [3.05, 3.63) is 35.4 Å². The van der Waals surface area contributed by atoms with E-state index in [2.05, 4.69) is 0 Å². The minimum atomic E-state index is -0.871. The van der Waals surface area contributed by atoms with E-state index in [4.69, 9.17) is 10.8 Å². The number of aliphatic hydroxyl groups excluding tert-OH is 1. The molecule has 84 valence electrons. The predicted molar refractivity (Wildman–Crippen MR) is 54.3 cm³/mol. The van der Waals surface area contributed by atoms with E-state index in [-0.39, 0.29) is 25.1 Å². The van der Waals surface area contributed by atoms with E-state index in [1.807, 2.05) is 0 Å². The van der Waals surface area contributed by atoms with Crippen LogP contribution in [-0.4, -0.2) is 18.3 Å². The van der Waals surface area contributed by atoms with Crippen LogP contribution in [0.4, 0.5) is 8.78 Å². The molecule has 0 aromatic heterocycles. The Morgan fingerprint density at radius 3 is 2.60 bits per heavy atom. The second-order valence-corrected chi connectivity index (χ2v) is 4.06. The number of hydrogen-bond donors (Lipinski definition) is 2. The highest BCUT2D eigenvalue weighted by Crippen LogP contribution is 2.23. The predicted octanol–water partition coefficient (Wildman–Crippen LogP) is 1.46. The van der Waals surface area contributed by atoms with Crippen molar-refractivity contribution < 1.29 is 13.9 Å². The van der Waals surface area contributed by atoms with E-state index < -0.39 is 17.0 Å². The van der Waals surface area contributed by atoms with Crippen molar-refractivity contribution in [2.24, 2.45) is 11.1 Å². The zero-order valence-electron chi connectivity index (χ0n) is 8.63.